The summed E-state index contributed by atoms with van der Waals surface area (Å²) < 4.78 is 11.3. The Morgan fingerprint density at radius 2 is 0.974 bits per heavy atom. The molecular weight excluding hydrogens is 484 g/mol. The number of imide groups is 2. The molecule has 8 heteroatoms. The first-order valence-corrected chi connectivity index (χ1v) is 13.4. The zero-order chi connectivity index (χ0) is 27.4. The third-order valence-electron chi connectivity index (χ3n) is 6.81. The Labute approximate surface area is 223 Å². The molecule has 2 aromatic rings. The second-order valence-corrected chi connectivity index (χ2v) is 10.5. The number of ether oxygens (including phenoxy) is 2. The molecule has 8 nitrogen and oxygen atoms in total. The SMILES string of the molecule is CC(C)Oc1ccc(C2CC(=O)N(CCCCN3C(=O)CC(c4ccc(OC(C)C)cc4)C3=O)C2=O)cc1. The maximum Gasteiger partial charge on any atom is 0.237 e. The number of likely N-dealkylation sites (tertiary alicyclic amines) is 2. The van der Waals surface area contributed by atoms with Crippen molar-refractivity contribution in [3.63, 3.8) is 0 Å². The summed E-state index contributed by atoms with van der Waals surface area (Å²) in [6.07, 6.45) is 1.45. The molecule has 0 aliphatic carbocycles. The number of hydrogen-bond donors (Lipinski definition) is 0. The van der Waals surface area contributed by atoms with Crippen molar-refractivity contribution < 1.29 is 28.7 Å². The van der Waals surface area contributed by atoms with Gasteiger partial charge in [-0.05, 0) is 75.9 Å². The number of hydrogen-bond acceptors (Lipinski definition) is 6. The average Bonchev–Trinajstić information content (AvgIpc) is 3.31. The highest BCUT2D eigenvalue weighted by atomic mass is 16.5. The number of carbonyl (C=O) groups is 4. The lowest BCUT2D eigenvalue weighted by atomic mass is 9.97. The monoisotopic (exact) mass is 520 g/mol. The van der Waals surface area contributed by atoms with Gasteiger partial charge in [0.25, 0.3) is 0 Å². The van der Waals surface area contributed by atoms with E-state index in [1.54, 1.807) is 0 Å². The van der Waals surface area contributed by atoms with Gasteiger partial charge in [0, 0.05) is 25.9 Å². The first-order valence-electron chi connectivity index (χ1n) is 13.4. The van der Waals surface area contributed by atoms with Gasteiger partial charge in [-0.25, -0.2) is 0 Å². The fraction of sp³-hybridized carbons (Fsp3) is 0.467. The first-order chi connectivity index (χ1) is 18.1. The van der Waals surface area contributed by atoms with Gasteiger partial charge < -0.3 is 9.47 Å². The van der Waals surface area contributed by atoms with Crippen molar-refractivity contribution >= 4 is 23.6 Å². The number of benzene rings is 2. The average molecular weight is 521 g/mol. The zero-order valence-electron chi connectivity index (χ0n) is 22.5. The maximum absolute atomic E-state index is 13.0. The topological polar surface area (TPSA) is 93.2 Å². The molecule has 2 aliphatic heterocycles. The Hall–Kier alpha value is -3.68. The van der Waals surface area contributed by atoms with E-state index in [1.165, 1.54) is 9.80 Å². The summed E-state index contributed by atoms with van der Waals surface area (Å²) in [7, 11) is 0. The largest absolute Gasteiger partial charge is 0.491 e. The van der Waals surface area contributed by atoms with Crippen LogP contribution in [-0.2, 0) is 19.2 Å². The highest BCUT2D eigenvalue weighted by Gasteiger charge is 2.40. The molecule has 2 aliphatic rings. The van der Waals surface area contributed by atoms with Crippen LogP contribution in [0.5, 0.6) is 11.5 Å². The first kappa shape index (κ1) is 27.4. The highest BCUT2D eigenvalue weighted by molar-refractivity contribution is 6.07. The maximum atomic E-state index is 13.0. The van der Waals surface area contributed by atoms with Crippen LogP contribution in [0.4, 0.5) is 0 Å². The van der Waals surface area contributed by atoms with Crippen LogP contribution in [0.2, 0.25) is 0 Å². The molecule has 2 atom stereocenters. The van der Waals surface area contributed by atoms with Crippen molar-refractivity contribution in [3.05, 3.63) is 59.7 Å². The molecule has 4 amide bonds. The molecule has 2 saturated heterocycles. The summed E-state index contributed by atoms with van der Waals surface area (Å²) in [5.41, 5.74) is 1.59. The molecule has 202 valence electrons. The quantitative estimate of drug-likeness (QED) is 0.322. The highest BCUT2D eigenvalue weighted by Crippen LogP contribution is 2.33. The molecule has 2 heterocycles. The Morgan fingerprint density at radius 3 is 1.29 bits per heavy atom. The lowest BCUT2D eigenvalue weighted by Gasteiger charge is -2.18. The minimum atomic E-state index is -0.490. The summed E-state index contributed by atoms with van der Waals surface area (Å²) in [5.74, 6) is -0.324. The standard InChI is InChI=1S/C30H36N2O6/c1-19(2)37-23-11-7-21(8-12-23)25-17-27(33)31(29(25)35)15-5-6-16-32-28(34)18-26(30(32)36)22-9-13-24(14-10-22)38-20(3)4/h7-14,19-20,25-26H,5-6,15-18H2,1-4H3. The van der Waals surface area contributed by atoms with Gasteiger partial charge in [0.2, 0.25) is 23.6 Å². The Morgan fingerprint density at radius 1 is 0.632 bits per heavy atom. The van der Waals surface area contributed by atoms with Crippen LogP contribution in [0, 0.1) is 0 Å². The molecule has 2 fully saturated rings. The second-order valence-electron chi connectivity index (χ2n) is 10.5. The van der Waals surface area contributed by atoms with E-state index in [1.807, 2.05) is 76.2 Å². The van der Waals surface area contributed by atoms with Crippen molar-refractivity contribution in [2.45, 2.75) is 77.4 Å². The molecule has 0 aromatic heterocycles. The molecule has 4 rings (SSSR count). The van der Waals surface area contributed by atoms with Crippen LogP contribution >= 0.6 is 0 Å². The van der Waals surface area contributed by atoms with Gasteiger partial charge in [-0.3, -0.25) is 29.0 Å². The van der Waals surface area contributed by atoms with E-state index in [2.05, 4.69) is 0 Å². The summed E-state index contributed by atoms with van der Waals surface area (Å²) in [4.78, 5) is 53.7. The van der Waals surface area contributed by atoms with Gasteiger partial charge in [-0.2, -0.15) is 0 Å². The Kier molecular flexibility index (Phi) is 8.49. The van der Waals surface area contributed by atoms with Crippen molar-refractivity contribution in [2.24, 2.45) is 0 Å². The number of amides is 4. The van der Waals surface area contributed by atoms with Crippen LogP contribution in [0.1, 0.15) is 76.3 Å². The fourth-order valence-corrected chi connectivity index (χ4v) is 5.00. The Balaban J connectivity index is 1.27. The minimum Gasteiger partial charge on any atom is -0.491 e. The van der Waals surface area contributed by atoms with Crippen molar-refractivity contribution in [3.8, 4) is 11.5 Å². The lowest BCUT2D eigenvalue weighted by molar-refractivity contribution is -0.141. The van der Waals surface area contributed by atoms with Crippen LogP contribution in [0.15, 0.2) is 48.5 Å². The molecule has 0 saturated carbocycles. The number of nitrogens with zero attached hydrogens (tertiary/aromatic N) is 2. The molecule has 2 unspecified atom stereocenters. The molecule has 0 radical (unpaired) electrons. The summed E-state index contributed by atoms with van der Waals surface area (Å²) in [5, 5.41) is 0. The van der Waals surface area contributed by atoms with Crippen LogP contribution < -0.4 is 9.47 Å². The van der Waals surface area contributed by atoms with E-state index in [4.69, 9.17) is 9.47 Å². The molecule has 0 N–H and O–H groups in total. The smallest absolute Gasteiger partial charge is 0.237 e. The van der Waals surface area contributed by atoms with E-state index < -0.39 is 11.8 Å². The zero-order valence-corrected chi connectivity index (χ0v) is 22.5. The normalized spacial score (nSPS) is 19.8. The Bertz CT molecular complexity index is 1080. The molecule has 38 heavy (non-hydrogen) atoms. The second kappa shape index (κ2) is 11.8. The van der Waals surface area contributed by atoms with Crippen LogP contribution in [-0.4, -0.2) is 58.7 Å². The van der Waals surface area contributed by atoms with E-state index in [0.717, 1.165) is 22.6 Å². The summed E-state index contributed by atoms with van der Waals surface area (Å²) >= 11 is 0. The third kappa shape index (κ3) is 6.23. The van der Waals surface area contributed by atoms with Crippen molar-refractivity contribution in [2.75, 3.05) is 13.1 Å². The molecular formula is C30H36N2O6. The number of carbonyl (C=O) groups excluding carboxylic acids is 4. The van der Waals surface area contributed by atoms with E-state index in [-0.39, 0.29) is 61.8 Å². The molecule has 0 spiro atoms. The van der Waals surface area contributed by atoms with Gasteiger partial charge in [0.05, 0.1) is 24.0 Å². The number of unbranched alkanes of at least 4 members (excludes halogenated alkanes) is 1. The van der Waals surface area contributed by atoms with Gasteiger partial charge in [0.1, 0.15) is 11.5 Å². The molecule has 2 aromatic carbocycles. The van der Waals surface area contributed by atoms with Gasteiger partial charge in [-0.15, -0.1) is 0 Å². The predicted molar refractivity (Wildman–Crippen MR) is 142 cm³/mol. The fourth-order valence-electron chi connectivity index (χ4n) is 5.00. The minimum absolute atomic E-state index is 0.0549. The summed E-state index contributed by atoms with van der Waals surface area (Å²) in [6.45, 7) is 8.34. The summed E-state index contributed by atoms with van der Waals surface area (Å²) in [6, 6.07) is 14.6. The molecule has 0 bridgehead atoms. The predicted octanol–water partition coefficient (Wildman–Crippen LogP) is 4.43. The van der Waals surface area contributed by atoms with E-state index in [9.17, 15) is 19.2 Å². The lowest BCUT2D eigenvalue weighted by Crippen LogP contribution is -2.33. The van der Waals surface area contributed by atoms with E-state index >= 15 is 0 Å². The van der Waals surface area contributed by atoms with E-state index in [0.29, 0.717) is 12.8 Å². The van der Waals surface area contributed by atoms with Crippen molar-refractivity contribution in [1.82, 2.24) is 9.80 Å². The van der Waals surface area contributed by atoms with Crippen LogP contribution in [0.3, 0.4) is 0 Å². The number of rotatable bonds is 11. The van der Waals surface area contributed by atoms with Crippen LogP contribution in [0.25, 0.3) is 0 Å². The van der Waals surface area contributed by atoms with Gasteiger partial charge >= 0.3 is 0 Å². The van der Waals surface area contributed by atoms with Gasteiger partial charge in [-0.1, -0.05) is 24.3 Å². The van der Waals surface area contributed by atoms with Gasteiger partial charge in [0.15, 0.2) is 0 Å². The van der Waals surface area contributed by atoms with Crippen molar-refractivity contribution in [1.29, 1.82) is 0 Å². The third-order valence-corrected chi connectivity index (χ3v) is 6.81.